The molecule has 0 bridgehead atoms. The van der Waals surface area contributed by atoms with E-state index in [4.69, 9.17) is 4.84 Å². The predicted molar refractivity (Wildman–Crippen MR) is 164 cm³/mol. The quantitative estimate of drug-likeness (QED) is 0.327. The van der Waals surface area contributed by atoms with Crippen LogP contribution in [0.3, 0.4) is 0 Å². The van der Waals surface area contributed by atoms with Gasteiger partial charge in [0.05, 0.1) is 34.2 Å². The molecule has 2 N–H and O–H groups in total. The number of carbonyl (C=O) groups excluding carboxylic acids is 1. The SMILES string of the molecule is CON=c1[nH]c2c(N3CCN(C(=O)C4(N(C)C)CC4)C(C)C3)cc(S(=O)(=O)NC3(C)CC3)cc2c(=O)n1Cc1cnn(C)c1. The standard InChI is InChI=1S/C29H41N9O5S/c1-19-16-36(11-12-37(19)26(40)29(9-10-29)34(3)4)23-14-21(44(41,42)33-28(2)7-8-28)13-22-24(23)31-27(32-43-6)38(25(22)39)18-20-15-30-35(5)17-20/h13-15,17,19,33H,7-12,16,18H2,1-6H3,(H,31,32). The summed E-state index contributed by atoms with van der Waals surface area (Å²) in [4.78, 5) is 42.1. The number of nitrogens with zero attached hydrogens (tertiary/aromatic N) is 7. The first-order valence-electron chi connectivity index (χ1n) is 14.9. The smallest absolute Gasteiger partial charge is 0.263 e. The third-order valence-corrected chi connectivity index (χ3v) is 10.9. The molecule has 1 aromatic carbocycles. The molecule has 3 aliphatic rings. The fourth-order valence-electron chi connectivity index (χ4n) is 6.16. The molecular weight excluding hydrogens is 586 g/mol. The number of aryl methyl sites for hydroxylation is 1. The lowest BCUT2D eigenvalue weighted by molar-refractivity contribution is -0.140. The Bertz CT molecular complexity index is 1850. The molecule has 3 fully saturated rings. The highest BCUT2D eigenvalue weighted by molar-refractivity contribution is 7.89. The third kappa shape index (κ3) is 5.41. The molecule has 3 heterocycles. The average molecular weight is 628 g/mol. The number of H-pyrrole nitrogens is 1. The first-order chi connectivity index (χ1) is 20.8. The topological polar surface area (TPSA) is 150 Å². The molecule has 0 radical (unpaired) electrons. The summed E-state index contributed by atoms with van der Waals surface area (Å²) >= 11 is 0. The van der Waals surface area contributed by atoms with Crippen LogP contribution in [0.2, 0.25) is 0 Å². The Morgan fingerprint density at radius 3 is 2.52 bits per heavy atom. The monoisotopic (exact) mass is 627 g/mol. The highest BCUT2D eigenvalue weighted by atomic mass is 32.2. The second-order valence-corrected chi connectivity index (χ2v) is 14.6. The summed E-state index contributed by atoms with van der Waals surface area (Å²) in [6.45, 7) is 5.42. The number of aromatic amines is 1. The van der Waals surface area contributed by atoms with Gasteiger partial charge in [0.25, 0.3) is 5.56 Å². The van der Waals surface area contributed by atoms with Crippen molar-refractivity contribution in [2.45, 2.75) is 68.1 Å². The van der Waals surface area contributed by atoms with E-state index in [1.165, 1.54) is 17.7 Å². The number of likely N-dealkylation sites (N-methyl/N-ethyl adjacent to an activating group) is 1. The number of piperazine rings is 1. The van der Waals surface area contributed by atoms with Gasteiger partial charge >= 0.3 is 0 Å². The number of aromatic nitrogens is 4. The fourth-order valence-corrected chi connectivity index (χ4v) is 7.67. The van der Waals surface area contributed by atoms with E-state index in [0.717, 1.165) is 31.2 Å². The first-order valence-corrected chi connectivity index (χ1v) is 16.4. The van der Waals surface area contributed by atoms with Crippen molar-refractivity contribution in [3.63, 3.8) is 0 Å². The van der Waals surface area contributed by atoms with Crippen molar-refractivity contribution in [2.24, 2.45) is 12.2 Å². The molecule has 3 aromatic rings. The molecule has 1 atom stereocenters. The molecule has 2 aromatic heterocycles. The number of hydrogen-bond donors (Lipinski definition) is 2. The van der Waals surface area contributed by atoms with Gasteiger partial charge in [-0.1, -0.05) is 0 Å². The first kappa shape index (κ1) is 30.3. The van der Waals surface area contributed by atoms with Crippen molar-refractivity contribution < 1.29 is 18.0 Å². The Hall–Kier alpha value is -3.69. The van der Waals surface area contributed by atoms with Gasteiger partial charge in [0.2, 0.25) is 21.5 Å². The van der Waals surface area contributed by atoms with Crippen LogP contribution in [-0.2, 0) is 33.2 Å². The second-order valence-electron chi connectivity index (χ2n) is 12.9. The van der Waals surface area contributed by atoms with Crippen LogP contribution in [0.1, 0.15) is 45.1 Å². The van der Waals surface area contributed by atoms with Gasteiger partial charge in [0.15, 0.2) is 0 Å². The Labute approximate surface area is 256 Å². The van der Waals surface area contributed by atoms with E-state index < -0.39 is 26.7 Å². The van der Waals surface area contributed by atoms with Crippen LogP contribution < -0.4 is 20.8 Å². The van der Waals surface area contributed by atoms with Crippen LogP contribution in [0.4, 0.5) is 5.69 Å². The zero-order valence-corrected chi connectivity index (χ0v) is 26.9. The van der Waals surface area contributed by atoms with Crippen molar-refractivity contribution in [1.82, 2.24) is 33.9 Å². The summed E-state index contributed by atoms with van der Waals surface area (Å²) in [7, 11) is 3.13. The van der Waals surface area contributed by atoms with E-state index in [1.54, 1.807) is 30.2 Å². The molecule has 2 saturated carbocycles. The minimum absolute atomic E-state index is 0.0127. The molecule has 15 heteroatoms. The zero-order chi connectivity index (χ0) is 31.6. The molecule has 1 amide bonds. The number of rotatable bonds is 9. The van der Waals surface area contributed by atoms with Crippen molar-refractivity contribution >= 4 is 32.5 Å². The van der Waals surface area contributed by atoms with E-state index in [2.05, 4.69) is 20.0 Å². The Morgan fingerprint density at radius 1 is 1.23 bits per heavy atom. The maximum atomic E-state index is 14.1. The minimum atomic E-state index is -3.94. The van der Waals surface area contributed by atoms with Crippen molar-refractivity contribution in [3.05, 3.63) is 46.1 Å². The molecular formula is C29H41N9O5S. The van der Waals surface area contributed by atoms with E-state index >= 15 is 0 Å². The molecule has 1 saturated heterocycles. The number of anilines is 1. The largest absolute Gasteiger partial charge is 0.396 e. The van der Waals surface area contributed by atoms with E-state index in [-0.39, 0.29) is 34.4 Å². The van der Waals surface area contributed by atoms with Gasteiger partial charge in [-0.2, -0.15) is 5.10 Å². The molecule has 14 nitrogen and oxygen atoms in total. The molecule has 1 aliphatic heterocycles. The lowest BCUT2D eigenvalue weighted by Gasteiger charge is -2.43. The third-order valence-electron chi connectivity index (χ3n) is 9.23. The van der Waals surface area contributed by atoms with Crippen molar-refractivity contribution in [1.29, 1.82) is 0 Å². The Morgan fingerprint density at radius 2 is 1.95 bits per heavy atom. The van der Waals surface area contributed by atoms with Gasteiger partial charge < -0.3 is 19.6 Å². The summed E-state index contributed by atoms with van der Waals surface area (Å²) in [6, 6.07) is 2.90. The zero-order valence-electron chi connectivity index (χ0n) is 26.1. The molecule has 44 heavy (non-hydrogen) atoms. The number of fused-ring (bicyclic) bond motifs is 1. The number of amides is 1. The van der Waals surface area contributed by atoms with E-state index in [0.29, 0.717) is 30.8 Å². The maximum Gasteiger partial charge on any atom is 0.263 e. The minimum Gasteiger partial charge on any atom is -0.396 e. The fraction of sp³-hybridized carbons (Fsp3) is 0.586. The number of benzene rings is 1. The summed E-state index contributed by atoms with van der Waals surface area (Å²) in [5.41, 5.74) is 0.594. The highest BCUT2D eigenvalue weighted by Gasteiger charge is 2.54. The summed E-state index contributed by atoms with van der Waals surface area (Å²) < 4.78 is 33.2. The highest BCUT2D eigenvalue weighted by Crippen LogP contribution is 2.43. The summed E-state index contributed by atoms with van der Waals surface area (Å²) in [5.74, 6) is 0.128. The summed E-state index contributed by atoms with van der Waals surface area (Å²) in [5, 5.41) is 8.52. The Kier molecular flexibility index (Phi) is 7.40. The Balaban J connectivity index is 1.46. The second kappa shape index (κ2) is 10.7. The van der Waals surface area contributed by atoms with Gasteiger partial charge in [-0.15, -0.1) is 0 Å². The van der Waals surface area contributed by atoms with Crippen molar-refractivity contribution in [2.75, 3.05) is 45.7 Å². The number of sulfonamides is 1. The van der Waals surface area contributed by atoms with Crippen LogP contribution in [0.5, 0.6) is 0 Å². The van der Waals surface area contributed by atoms with Gasteiger partial charge in [0, 0.05) is 50.0 Å². The van der Waals surface area contributed by atoms with Crippen LogP contribution in [0.15, 0.2) is 39.4 Å². The van der Waals surface area contributed by atoms with Crippen LogP contribution in [-0.4, -0.2) is 101 Å². The molecule has 0 spiro atoms. The van der Waals surface area contributed by atoms with Crippen LogP contribution >= 0.6 is 0 Å². The van der Waals surface area contributed by atoms with Gasteiger partial charge in [-0.05, 0) is 70.9 Å². The number of carbonyl (C=O) groups is 1. The van der Waals surface area contributed by atoms with Gasteiger partial charge in [0.1, 0.15) is 12.6 Å². The maximum absolute atomic E-state index is 14.1. The van der Waals surface area contributed by atoms with Gasteiger partial charge in [-0.3, -0.25) is 23.7 Å². The molecule has 2 aliphatic carbocycles. The van der Waals surface area contributed by atoms with Crippen LogP contribution in [0.25, 0.3) is 10.9 Å². The van der Waals surface area contributed by atoms with E-state index in [1.807, 2.05) is 42.6 Å². The normalized spacial score (nSPS) is 21.2. The molecule has 1 unspecified atom stereocenters. The summed E-state index contributed by atoms with van der Waals surface area (Å²) in [6.07, 6.45) is 6.64. The lowest BCUT2D eigenvalue weighted by Crippen LogP contribution is -2.59. The number of nitrogens with one attached hydrogen (secondary N) is 2. The van der Waals surface area contributed by atoms with Gasteiger partial charge in [-0.25, -0.2) is 13.1 Å². The van der Waals surface area contributed by atoms with E-state index in [9.17, 15) is 18.0 Å². The lowest BCUT2D eigenvalue weighted by atomic mass is 10.1. The predicted octanol–water partition coefficient (Wildman–Crippen LogP) is 0.536. The number of hydrogen-bond acceptors (Lipinski definition) is 9. The van der Waals surface area contributed by atoms with Crippen molar-refractivity contribution in [3.8, 4) is 0 Å². The molecule has 238 valence electrons. The molecule has 6 rings (SSSR count). The van der Waals surface area contributed by atoms with Crippen LogP contribution in [0, 0.1) is 0 Å². The average Bonchev–Trinajstić information content (AvgIpc) is 3.88.